The molecule has 0 spiro atoms. The minimum absolute atomic E-state index is 0.235. The van der Waals surface area contributed by atoms with Crippen LogP contribution in [0.4, 0.5) is 4.39 Å². The van der Waals surface area contributed by atoms with Gasteiger partial charge in [-0.3, -0.25) is 9.80 Å². The van der Waals surface area contributed by atoms with Crippen LogP contribution in [-0.2, 0) is 0 Å². The number of likely N-dealkylation sites (tertiary alicyclic amines) is 2. The molecular formula is C18H27FN2O2. The smallest absolute Gasteiger partial charge is 0.123 e. The number of aliphatic hydroxyl groups is 1. The van der Waals surface area contributed by atoms with Gasteiger partial charge in [-0.25, -0.2) is 4.39 Å². The van der Waals surface area contributed by atoms with E-state index in [9.17, 15) is 9.50 Å². The van der Waals surface area contributed by atoms with Crippen LogP contribution < -0.4 is 4.74 Å². The van der Waals surface area contributed by atoms with Crippen molar-refractivity contribution in [2.24, 2.45) is 0 Å². The van der Waals surface area contributed by atoms with Gasteiger partial charge in [0.25, 0.3) is 0 Å². The van der Waals surface area contributed by atoms with E-state index in [0.29, 0.717) is 18.7 Å². The van der Waals surface area contributed by atoms with Crippen molar-refractivity contribution in [2.45, 2.75) is 37.8 Å². The molecule has 2 heterocycles. The molecule has 1 N–H and O–H groups in total. The molecule has 2 aliphatic heterocycles. The predicted octanol–water partition coefficient (Wildman–Crippen LogP) is 2.13. The molecule has 3 rings (SSSR count). The molecule has 4 nitrogen and oxygen atoms in total. The summed E-state index contributed by atoms with van der Waals surface area (Å²) in [6.07, 6.45) is 4.78. The average molecular weight is 322 g/mol. The maximum absolute atomic E-state index is 12.9. The van der Waals surface area contributed by atoms with Crippen LogP contribution in [-0.4, -0.2) is 66.4 Å². The molecule has 1 aromatic carbocycles. The van der Waals surface area contributed by atoms with E-state index in [0.717, 1.165) is 38.3 Å². The molecule has 0 aliphatic carbocycles. The highest BCUT2D eigenvalue weighted by molar-refractivity contribution is 5.21. The molecular weight excluding hydrogens is 295 g/mol. The first-order valence-electron chi connectivity index (χ1n) is 8.73. The van der Waals surface area contributed by atoms with Gasteiger partial charge >= 0.3 is 0 Å². The Morgan fingerprint density at radius 3 is 2.48 bits per heavy atom. The molecule has 23 heavy (non-hydrogen) atoms. The Bertz CT molecular complexity index is 482. The summed E-state index contributed by atoms with van der Waals surface area (Å²) in [7, 11) is 0. The van der Waals surface area contributed by atoms with Crippen molar-refractivity contribution in [1.82, 2.24) is 9.80 Å². The van der Waals surface area contributed by atoms with E-state index >= 15 is 0 Å². The van der Waals surface area contributed by atoms with Gasteiger partial charge in [0.2, 0.25) is 0 Å². The van der Waals surface area contributed by atoms with E-state index < -0.39 is 0 Å². The van der Waals surface area contributed by atoms with E-state index in [4.69, 9.17) is 4.74 Å². The largest absolute Gasteiger partial charge is 0.492 e. The van der Waals surface area contributed by atoms with Crippen LogP contribution in [0.25, 0.3) is 0 Å². The second-order valence-electron chi connectivity index (χ2n) is 6.61. The third-order valence-corrected chi connectivity index (χ3v) is 5.12. The van der Waals surface area contributed by atoms with Crippen molar-refractivity contribution in [2.75, 3.05) is 39.4 Å². The zero-order chi connectivity index (χ0) is 16.1. The van der Waals surface area contributed by atoms with Crippen molar-refractivity contribution in [3.8, 4) is 5.75 Å². The molecule has 128 valence electrons. The van der Waals surface area contributed by atoms with Gasteiger partial charge in [0.1, 0.15) is 18.2 Å². The van der Waals surface area contributed by atoms with Crippen molar-refractivity contribution in [3.63, 3.8) is 0 Å². The monoisotopic (exact) mass is 322 g/mol. The Labute approximate surface area is 137 Å². The van der Waals surface area contributed by atoms with Crippen LogP contribution in [0.15, 0.2) is 24.3 Å². The van der Waals surface area contributed by atoms with Crippen LogP contribution in [0, 0.1) is 5.82 Å². The number of halogens is 1. The van der Waals surface area contributed by atoms with Gasteiger partial charge in [0, 0.05) is 25.2 Å². The van der Waals surface area contributed by atoms with E-state index in [1.54, 1.807) is 12.1 Å². The summed E-state index contributed by atoms with van der Waals surface area (Å²) < 4.78 is 18.6. The zero-order valence-corrected chi connectivity index (χ0v) is 13.7. The highest BCUT2D eigenvalue weighted by atomic mass is 19.1. The van der Waals surface area contributed by atoms with Crippen LogP contribution in [0.5, 0.6) is 5.75 Å². The summed E-state index contributed by atoms with van der Waals surface area (Å²) in [6, 6.07) is 7.12. The Balaban J connectivity index is 1.44. The number of ether oxygens (including phenoxy) is 1. The van der Waals surface area contributed by atoms with Crippen molar-refractivity contribution in [1.29, 1.82) is 0 Å². The molecule has 1 aromatic rings. The lowest BCUT2D eigenvalue weighted by Gasteiger charge is -2.31. The van der Waals surface area contributed by atoms with Crippen molar-refractivity contribution >= 4 is 0 Å². The molecule has 2 fully saturated rings. The minimum Gasteiger partial charge on any atom is -0.492 e. The Hall–Kier alpha value is -1.17. The summed E-state index contributed by atoms with van der Waals surface area (Å²) in [5, 5.41) is 9.46. The van der Waals surface area contributed by atoms with Crippen molar-refractivity contribution in [3.05, 3.63) is 30.1 Å². The van der Waals surface area contributed by atoms with Gasteiger partial charge in [-0.05, 0) is 63.0 Å². The molecule has 2 saturated heterocycles. The first-order valence-corrected chi connectivity index (χ1v) is 8.73. The Kier molecular flexibility index (Phi) is 5.86. The van der Waals surface area contributed by atoms with E-state index in [1.807, 2.05) is 0 Å². The van der Waals surface area contributed by atoms with Crippen LogP contribution in [0.1, 0.15) is 25.7 Å². The fourth-order valence-corrected chi connectivity index (χ4v) is 3.82. The number of rotatable bonds is 7. The second-order valence-corrected chi connectivity index (χ2v) is 6.61. The molecule has 0 amide bonds. The molecule has 0 aromatic heterocycles. The average Bonchev–Trinajstić information content (AvgIpc) is 3.19. The zero-order valence-electron chi connectivity index (χ0n) is 13.7. The number of nitrogens with zero attached hydrogens (tertiary/aromatic N) is 2. The van der Waals surface area contributed by atoms with Crippen molar-refractivity contribution < 1.29 is 14.2 Å². The summed E-state index contributed by atoms with van der Waals surface area (Å²) in [4.78, 5) is 4.94. The summed E-state index contributed by atoms with van der Waals surface area (Å²) >= 11 is 0. The Morgan fingerprint density at radius 1 is 1.04 bits per heavy atom. The summed E-state index contributed by atoms with van der Waals surface area (Å²) in [5.74, 6) is 0.489. The molecule has 2 atom stereocenters. The van der Waals surface area contributed by atoms with E-state index in [2.05, 4.69) is 9.80 Å². The third-order valence-electron chi connectivity index (χ3n) is 5.12. The standard InChI is InChI=1S/C18H27FN2O2/c19-15-5-7-18(8-6-15)23-12-11-20-9-1-3-16(20)13-21-10-2-4-17(21)14-22/h5-8,16-17,22H,1-4,9-14H2. The fourth-order valence-electron chi connectivity index (χ4n) is 3.82. The van der Waals surface area contributed by atoms with Crippen LogP contribution in [0.2, 0.25) is 0 Å². The number of aliphatic hydroxyl groups excluding tert-OH is 1. The van der Waals surface area contributed by atoms with E-state index in [1.165, 1.54) is 31.4 Å². The van der Waals surface area contributed by atoms with Gasteiger partial charge in [0.15, 0.2) is 0 Å². The third kappa shape index (κ3) is 4.43. The maximum Gasteiger partial charge on any atom is 0.123 e. The van der Waals surface area contributed by atoms with Gasteiger partial charge in [-0.1, -0.05) is 0 Å². The highest BCUT2D eigenvalue weighted by Gasteiger charge is 2.30. The maximum atomic E-state index is 12.9. The van der Waals surface area contributed by atoms with Gasteiger partial charge in [-0.2, -0.15) is 0 Å². The first kappa shape index (κ1) is 16.7. The summed E-state index contributed by atoms with van der Waals surface area (Å²) in [5.41, 5.74) is 0. The van der Waals surface area contributed by atoms with Gasteiger partial charge < -0.3 is 9.84 Å². The van der Waals surface area contributed by atoms with E-state index in [-0.39, 0.29) is 12.4 Å². The Morgan fingerprint density at radius 2 is 1.74 bits per heavy atom. The molecule has 0 bridgehead atoms. The van der Waals surface area contributed by atoms with Gasteiger partial charge in [0.05, 0.1) is 6.61 Å². The normalized spacial score (nSPS) is 26.0. The van der Waals surface area contributed by atoms with Gasteiger partial charge in [-0.15, -0.1) is 0 Å². The van der Waals surface area contributed by atoms with Crippen LogP contribution >= 0.6 is 0 Å². The molecule has 0 radical (unpaired) electrons. The number of benzene rings is 1. The SMILES string of the molecule is OCC1CCCN1CC1CCCN1CCOc1ccc(F)cc1. The lowest BCUT2D eigenvalue weighted by Crippen LogP contribution is -2.44. The molecule has 0 saturated carbocycles. The quantitative estimate of drug-likeness (QED) is 0.834. The first-order chi connectivity index (χ1) is 11.3. The minimum atomic E-state index is -0.235. The number of hydrogen-bond donors (Lipinski definition) is 1. The molecule has 5 heteroatoms. The lowest BCUT2D eigenvalue weighted by atomic mass is 10.2. The fraction of sp³-hybridized carbons (Fsp3) is 0.667. The predicted molar refractivity (Wildman–Crippen MR) is 88.2 cm³/mol. The van der Waals surface area contributed by atoms with Crippen LogP contribution in [0.3, 0.4) is 0 Å². The highest BCUT2D eigenvalue weighted by Crippen LogP contribution is 2.23. The lowest BCUT2D eigenvalue weighted by molar-refractivity contribution is 0.115. The summed E-state index contributed by atoms with van der Waals surface area (Å²) in [6.45, 7) is 5.10. The second kappa shape index (κ2) is 8.08. The molecule has 2 aliphatic rings. The molecule has 2 unspecified atom stereocenters. The number of hydrogen-bond acceptors (Lipinski definition) is 4. The topological polar surface area (TPSA) is 35.9 Å².